The van der Waals surface area contributed by atoms with Crippen molar-refractivity contribution in [2.45, 2.75) is 20.5 Å². The molecule has 3 nitrogen and oxygen atoms in total. The number of ether oxygens (including phenoxy) is 2. The van der Waals surface area contributed by atoms with E-state index in [0.29, 0.717) is 18.1 Å². The van der Waals surface area contributed by atoms with Crippen LogP contribution in [0.4, 0.5) is 0 Å². The molecular weight excluding hydrogens is 240 g/mol. The Balaban J connectivity index is 2.17. The Morgan fingerprint density at radius 1 is 1.05 bits per heavy atom. The summed E-state index contributed by atoms with van der Waals surface area (Å²) in [4.78, 5) is 11.1. The van der Waals surface area contributed by atoms with E-state index < -0.39 is 0 Å². The van der Waals surface area contributed by atoms with E-state index in [1.807, 2.05) is 49.4 Å². The van der Waals surface area contributed by atoms with Crippen molar-refractivity contribution in [2.75, 3.05) is 0 Å². The Morgan fingerprint density at radius 2 is 1.79 bits per heavy atom. The van der Waals surface area contributed by atoms with E-state index in [-0.39, 0.29) is 5.97 Å². The van der Waals surface area contributed by atoms with Gasteiger partial charge in [0.15, 0.2) is 11.5 Å². The second-order valence-electron chi connectivity index (χ2n) is 4.27. The molecule has 0 saturated carbocycles. The van der Waals surface area contributed by atoms with Crippen LogP contribution in [0.25, 0.3) is 0 Å². The van der Waals surface area contributed by atoms with E-state index in [1.165, 1.54) is 6.92 Å². The first kappa shape index (κ1) is 13.1. The Labute approximate surface area is 112 Å². The van der Waals surface area contributed by atoms with E-state index in [0.717, 1.165) is 11.1 Å². The number of carbonyl (C=O) groups excluding carboxylic acids is 1. The van der Waals surface area contributed by atoms with E-state index in [2.05, 4.69) is 0 Å². The van der Waals surface area contributed by atoms with Gasteiger partial charge >= 0.3 is 5.97 Å². The standard InChI is InChI=1S/C16H16O3/c1-12-7-6-10-15(19-13(2)17)16(12)18-11-14-8-4-3-5-9-14/h3-10H,11H2,1-2H3. The summed E-state index contributed by atoms with van der Waals surface area (Å²) < 4.78 is 10.9. The molecule has 19 heavy (non-hydrogen) atoms. The summed E-state index contributed by atoms with van der Waals surface area (Å²) in [5.74, 6) is 0.722. The van der Waals surface area contributed by atoms with Crippen molar-refractivity contribution >= 4 is 5.97 Å². The second kappa shape index (κ2) is 6.05. The number of esters is 1. The molecule has 0 fully saturated rings. The summed E-state index contributed by atoms with van der Waals surface area (Å²) in [5, 5.41) is 0. The third-order valence-corrected chi connectivity index (χ3v) is 2.66. The van der Waals surface area contributed by atoms with Gasteiger partial charge in [-0.15, -0.1) is 0 Å². The first-order valence-electron chi connectivity index (χ1n) is 6.11. The quantitative estimate of drug-likeness (QED) is 0.620. The molecule has 0 aromatic heterocycles. The maximum atomic E-state index is 11.1. The number of rotatable bonds is 4. The molecular formula is C16H16O3. The third kappa shape index (κ3) is 3.58. The van der Waals surface area contributed by atoms with Crippen molar-refractivity contribution in [2.24, 2.45) is 0 Å². The van der Waals surface area contributed by atoms with Crippen LogP contribution >= 0.6 is 0 Å². The van der Waals surface area contributed by atoms with Crippen molar-refractivity contribution in [3.63, 3.8) is 0 Å². The summed E-state index contributed by atoms with van der Waals surface area (Å²) in [6.07, 6.45) is 0. The van der Waals surface area contributed by atoms with Gasteiger partial charge in [-0.05, 0) is 24.1 Å². The van der Waals surface area contributed by atoms with Gasteiger partial charge in [-0.1, -0.05) is 42.5 Å². The van der Waals surface area contributed by atoms with Crippen LogP contribution in [-0.2, 0) is 11.4 Å². The molecule has 0 aliphatic heterocycles. The lowest BCUT2D eigenvalue weighted by Crippen LogP contribution is -2.05. The number of para-hydroxylation sites is 1. The fourth-order valence-electron chi connectivity index (χ4n) is 1.78. The predicted octanol–water partition coefficient (Wildman–Crippen LogP) is 3.50. The average Bonchev–Trinajstić information content (AvgIpc) is 2.38. The molecule has 0 amide bonds. The zero-order valence-electron chi connectivity index (χ0n) is 11.1. The van der Waals surface area contributed by atoms with Gasteiger partial charge in [0.2, 0.25) is 0 Å². The van der Waals surface area contributed by atoms with Crippen LogP contribution in [0.5, 0.6) is 11.5 Å². The van der Waals surface area contributed by atoms with Gasteiger partial charge in [0.25, 0.3) is 0 Å². The normalized spacial score (nSPS) is 10.0. The topological polar surface area (TPSA) is 35.5 Å². The van der Waals surface area contributed by atoms with Crippen LogP contribution in [0.1, 0.15) is 18.1 Å². The Bertz CT molecular complexity index is 561. The summed E-state index contributed by atoms with van der Waals surface area (Å²) >= 11 is 0. The zero-order chi connectivity index (χ0) is 13.7. The maximum absolute atomic E-state index is 11.1. The molecule has 0 aliphatic rings. The smallest absolute Gasteiger partial charge is 0.308 e. The number of hydrogen-bond acceptors (Lipinski definition) is 3. The molecule has 0 heterocycles. The van der Waals surface area contributed by atoms with Gasteiger partial charge in [-0.3, -0.25) is 4.79 Å². The summed E-state index contributed by atoms with van der Waals surface area (Å²) in [7, 11) is 0. The van der Waals surface area contributed by atoms with Crippen LogP contribution < -0.4 is 9.47 Å². The molecule has 2 aromatic carbocycles. The fourth-order valence-corrected chi connectivity index (χ4v) is 1.78. The number of carbonyl (C=O) groups is 1. The van der Waals surface area contributed by atoms with Gasteiger partial charge < -0.3 is 9.47 Å². The van der Waals surface area contributed by atoms with Crippen LogP contribution in [0.3, 0.4) is 0 Å². The van der Waals surface area contributed by atoms with Gasteiger partial charge in [-0.25, -0.2) is 0 Å². The molecule has 0 saturated heterocycles. The molecule has 3 heteroatoms. The highest BCUT2D eigenvalue weighted by molar-refractivity contribution is 5.70. The lowest BCUT2D eigenvalue weighted by Gasteiger charge is -2.13. The van der Waals surface area contributed by atoms with Crippen LogP contribution in [0, 0.1) is 6.92 Å². The van der Waals surface area contributed by atoms with Gasteiger partial charge in [0.05, 0.1) is 0 Å². The van der Waals surface area contributed by atoms with Crippen LogP contribution in [0.15, 0.2) is 48.5 Å². The minimum Gasteiger partial charge on any atom is -0.485 e. The Kier molecular flexibility index (Phi) is 4.18. The molecule has 0 unspecified atom stereocenters. The number of aryl methyl sites for hydroxylation is 1. The van der Waals surface area contributed by atoms with E-state index >= 15 is 0 Å². The van der Waals surface area contributed by atoms with Crippen molar-refractivity contribution in [1.29, 1.82) is 0 Å². The third-order valence-electron chi connectivity index (χ3n) is 2.66. The van der Waals surface area contributed by atoms with Gasteiger partial charge in [0, 0.05) is 6.92 Å². The highest BCUT2D eigenvalue weighted by Crippen LogP contribution is 2.31. The number of hydrogen-bond donors (Lipinski definition) is 0. The lowest BCUT2D eigenvalue weighted by atomic mass is 10.2. The maximum Gasteiger partial charge on any atom is 0.308 e. The molecule has 0 spiro atoms. The largest absolute Gasteiger partial charge is 0.485 e. The molecule has 0 aliphatic carbocycles. The van der Waals surface area contributed by atoms with Crippen molar-refractivity contribution in [3.05, 3.63) is 59.7 Å². The second-order valence-corrected chi connectivity index (χ2v) is 4.27. The minimum atomic E-state index is -0.352. The highest BCUT2D eigenvalue weighted by Gasteiger charge is 2.10. The molecule has 2 rings (SSSR count). The Morgan fingerprint density at radius 3 is 2.47 bits per heavy atom. The van der Waals surface area contributed by atoms with Crippen molar-refractivity contribution in [3.8, 4) is 11.5 Å². The summed E-state index contributed by atoms with van der Waals surface area (Å²) in [6.45, 7) is 3.75. The first-order chi connectivity index (χ1) is 9.16. The van der Waals surface area contributed by atoms with E-state index in [1.54, 1.807) is 6.07 Å². The summed E-state index contributed by atoms with van der Waals surface area (Å²) in [5.41, 5.74) is 2.01. The molecule has 0 radical (unpaired) electrons. The Hall–Kier alpha value is -2.29. The molecule has 0 bridgehead atoms. The lowest BCUT2D eigenvalue weighted by molar-refractivity contribution is -0.132. The van der Waals surface area contributed by atoms with E-state index in [9.17, 15) is 4.79 Å². The molecule has 98 valence electrons. The zero-order valence-corrected chi connectivity index (χ0v) is 11.1. The first-order valence-corrected chi connectivity index (χ1v) is 6.11. The van der Waals surface area contributed by atoms with E-state index in [4.69, 9.17) is 9.47 Å². The SMILES string of the molecule is CC(=O)Oc1cccc(C)c1OCc1ccccc1. The molecule has 0 N–H and O–H groups in total. The predicted molar refractivity (Wildman–Crippen MR) is 73.3 cm³/mol. The van der Waals surface area contributed by atoms with Crippen LogP contribution in [0.2, 0.25) is 0 Å². The van der Waals surface area contributed by atoms with Crippen molar-refractivity contribution < 1.29 is 14.3 Å². The van der Waals surface area contributed by atoms with Gasteiger partial charge in [-0.2, -0.15) is 0 Å². The van der Waals surface area contributed by atoms with Crippen LogP contribution in [-0.4, -0.2) is 5.97 Å². The average molecular weight is 256 g/mol. The fraction of sp³-hybridized carbons (Fsp3) is 0.188. The highest BCUT2D eigenvalue weighted by atomic mass is 16.6. The molecule has 2 aromatic rings. The van der Waals surface area contributed by atoms with Gasteiger partial charge in [0.1, 0.15) is 6.61 Å². The minimum absolute atomic E-state index is 0.352. The van der Waals surface area contributed by atoms with Crippen molar-refractivity contribution in [1.82, 2.24) is 0 Å². The molecule has 0 atom stereocenters. The summed E-state index contributed by atoms with van der Waals surface area (Å²) in [6, 6.07) is 15.4. The number of benzene rings is 2. The monoisotopic (exact) mass is 256 g/mol.